The molecule has 2 rings (SSSR count). The number of aromatic nitrogens is 1. The third-order valence-electron chi connectivity index (χ3n) is 4.97. The van der Waals surface area contributed by atoms with Crippen molar-refractivity contribution in [3.63, 3.8) is 0 Å². The van der Waals surface area contributed by atoms with E-state index in [0.717, 1.165) is 36.7 Å². The van der Waals surface area contributed by atoms with Gasteiger partial charge < -0.3 is 24.8 Å². The standard InChI is InChI=1S/C22H37N5O2/c1-8-9-19(17(2)25(6)7)24-20-11-10-18(16-23-20)26-12-14-27(15-13-26)21(28)29-22(3,4)5/h9-11,16-17H,8,12-15H2,1-7H3,(H,23,24)/b19-9+. The summed E-state index contributed by atoms with van der Waals surface area (Å²) in [5.74, 6) is 0.842. The molecule has 1 unspecified atom stereocenters. The fraction of sp³-hybridized carbons (Fsp3) is 0.636. The Balaban J connectivity index is 1.94. The summed E-state index contributed by atoms with van der Waals surface area (Å²) in [6.07, 6.45) is 4.84. The van der Waals surface area contributed by atoms with Gasteiger partial charge in [-0.05, 0) is 60.3 Å². The number of nitrogens with one attached hydrogen (secondary N) is 1. The molecular formula is C22H37N5O2. The number of carbonyl (C=O) groups excluding carboxylic acids is 1. The van der Waals surface area contributed by atoms with Crippen molar-refractivity contribution >= 4 is 17.6 Å². The second kappa shape index (κ2) is 9.96. The highest BCUT2D eigenvalue weighted by Gasteiger charge is 2.26. The minimum atomic E-state index is -0.462. The number of likely N-dealkylation sites (N-methyl/N-ethyl adjacent to an activating group) is 1. The Labute approximate surface area is 175 Å². The zero-order chi connectivity index (χ0) is 21.6. The van der Waals surface area contributed by atoms with E-state index in [0.29, 0.717) is 13.1 Å². The highest BCUT2D eigenvalue weighted by molar-refractivity contribution is 5.68. The summed E-state index contributed by atoms with van der Waals surface area (Å²) < 4.78 is 5.47. The zero-order valence-corrected chi connectivity index (χ0v) is 19.0. The SMILES string of the molecule is CC/C=C(/Nc1ccc(N2CCN(C(=O)OC(C)(C)C)CC2)cn1)C(C)N(C)C. The first kappa shape index (κ1) is 23.0. The maximum atomic E-state index is 12.2. The Kier molecular flexibility index (Phi) is 7.90. The fourth-order valence-electron chi connectivity index (χ4n) is 3.09. The number of piperazine rings is 1. The number of amides is 1. The van der Waals surface area contributed by atoms with Crippen LogP contribution >= 0.6 is 0 Å². The normalized spacial score (nSPS) is 16.8. The maximum absolute atomic E-state index is 12.2. The predicted octanol–water partition coefficient (Wildman–Crippen LogP) is 3.79. The number of pyridine rings is 1. The molecule has 1 amide bonds. The predicted molar refractivity (Wildman–Crippen MR) is 119 cm³/mol. The van der Waals surface area contributed by atoms with E-state index < -0.39 is 5.60 Å². The molecule has 1 atom stereocenters. The molecule has 1 aromatic heterocycles. The molecule has 1 N–H and O–H groups in total. The van der Waals surface area contributed by atoms with Gasteiger partial charge in [0.25, 0.3) is 0 Å². The number of ether oxygens (including phenoxy) is 1. The van der Waals surface area contributed by atoms with Crippen molar-refractivity contribution in [3.8, 4) is 0 Å². The van der Waals surface area contributed by atoms with E-state index in [1.165, 1.54) is 0 Å². The summed E-state index contributed by atoms with van der Waals surface area (Å²) in [5, 5.41) is 3.46. The lowest BCUT2D eigenvalue weighted by molar-refractivity contribution is 0.0240. The largest absolute Gasteiger partial charge is 0.444 e. The summed E-state index contributed by atoms with van der Waals surface area (Å²) in [5.41, 5.74) is 1.76. The molecular weight excluding hydrogens is 366 g/mol. The van der Waals surface area contributed by atoms with E-state index in [2.05, 4.69) is 60.2 Å². The first-order valence-electron chi connectivity index (χ1n) is 10.4. The summed E-state index contributed by atoms with van der Waals surface area (Å²) in [4.78, 5) is 23.0. The van der Waals surface area contributed by atoms with E-state index in [9.17, 15) is 4.79 Å². The molecule has 0 aromatic carbocycles. The molecule has 162 valence electrons. The van der Waals surface area contributed by atoms with Crippen LogP contribution in [0.15, 0.2) is 30.1 Å². The Bertz CT molecular complexity index is 686. The van der Waals surface area contributed by atoms with E-state index >= 15 is 0 Å². The molecule has 1 aromatic rings. The third-order valence-corrected chi connectivity index (χ3v) is 4.97. The van der Waals surface area contributed by atoms with Crippen molar-refractivity contribution in [2.75, 3.05) is 50.5 Å². The molecule has 7 heteroatoms. The molecule has 0 saturated carbocycles. The van der Waals surface area contributed by atoms with Gasteiger partial charge in [-0.1, -0.05) is 13.0 Å². The monoisotopic (exact) mass is 403 g/mol. The lowest BCUT2D eigenvalue weighted by Crippen LogP contribution is -2.50. The minimum Gasteiger partial charge on any atom is -0.444 e. The molecule has 0 bridgehead atoms. The van der Waals surface area contributed by atoms with E-state index in [-0.39, 0.29) is 12.1 Å². The van der Waals surface area contributed by atoms with Gasteiger partial charge in [0, 0.05) is 37.9 Å². The number of allylic oxidation sites excluding steroid dienone is 1. The van der Waals surface area contributed by atoms with Crippen LogP contribution < -0.4 is 10.2 Å². The molecule has 0 radical (unpaired) electrons. The first-order valence-corrected chi connectivity index (χ1v) is 10.4. The van der Waals surface area contributed by atoms with E-state index in [1.54, 1.807) is 4.90 Å². The van der Waals surface area contributed by atoms with Gasteiger partial charge in [-0.25, -0.2) is 9.78 Å². The van der Waals surface area contributed by atoms with Gasteiger partial charge in [-0.15, -0.1) is 0 Å². The lowest BCUT2D eigenvalue weighted by Gasteiger charge is -2.36. The number of rotatable bonds is 6. The topological polar surface area (TPSA) is 60.9 Å². The van der Waals surface area contributed by atoms with Gasteiger partial charge in [0.05, 0.1) is 11.9 Å². The molecule has 1 aliphatic heterocycles. The Hall–Kier alpha value is -2.28. The molecule has 2 heterocycles. The highest BCUT2D eigenvalue weighted by atomic mass is 16.6. The van der Waals surface area contributed by atoms with Crippen LogP contribution in [0.1, 0.15) is 41.0 Å². The quantitative estimate of drug-likeness (QED) is 0.780. The van der Waals surface area contributed by atoms with Crippen LogP contribution in [-0.2, 0) is 4.74 Å². The number of carbonyl (C=O) groups is 1. The lowest BCUT2D eigenvalue weighted by atomic mass is 10.2. The summed E-state index contributed by atoms with van der Waals surface area (Å²) in [6.45, 7) is 12.8. The second-order valence-electron chi connectivity index (χ2n) is 8.69. The molecule has 29 heavy (non-hydrogen) atoms. The smallest absolute Gasteiger partial charge is 0.410 e. The van der Waals surface area contributed by atoms with Gasteiger partial charge >= 0.3 is 6.09 Å². The molecule has 7 nitrogen and oxygen atoms in total. The van der Waals surface area contributed by atoms with Crippen LogP contribution in [0.3, 0.4) is 0 Å². The molecule has 0 aliphatic carbocycles. The molecule has 1 aliphatic rings. The van der Waals surface area contributed by atoms with Gasteiger partial charge in [0.15, 0.2) is 0 Å². The number of hydrogen-bond donors (Lipinski definition) is 1. The minimum absolute atomic E-state index is 0.236. The fourth-order valence-corrected chi connectivity index (χ4v) is 3.09. The molecule has 1 fully saturated rings. The van der Waals surface area contributed by atoms with Gasteiger partial charge in [0.1, 0.15) is 11.4 Å². The highest BCUT2D eigenvalue weighted by Crippen LogP contribution is 2.20. The summed E-state index contributed by atoms with van der Waals surface area (Å²) in [6, 6.07) is 4.39. The second-order valence-corrected chi connectivity index (χ2v) is 8.69. The average molecular weight is 404 g/mol. The van der Waals surface area contributed by atoms with Crippen LogP contribution in [-0.4, -0.2) is 72.8 Å². The Morgan fingerprint density at radius 1 is 1.28 bits per heavy atom. The zero-order valence-electron chi connectivity index (χ0n) is 19.0. The molecule has 0 spiro atoms. The van der Waals surface area contributed by atoms with Gasteiger partial charge in [-0.3, -0.25) is 0 Å². The van der Waals surface area contributed by atoms with Crippen molar-refractivity contribution in [2.24, 2.45) is 0 Å². The van der Waals surface area contributed by atoms with Crippen molar-refractivity contribution in [2.45, 2.75) is 52.7 Å². The van der Waals surface area contributed by atoms with Crippen LogP contribution in [0, 0.1) is 0 Å². The number of nitrogens with zero attached hydrogens (tertiary/aromatic N) is 4. The third kappa shape index (κ3) is 6.92. The Morgan fingerprint density at radius 3 is 2.41 bits per heavy atom. The van der Waals surface area contributed by atoms with Crippen molar-refractivity contribution in [1.29, 1.82) is 0 Å². The van der Waals surface area contributed by atoms with E-state index in [4.69, 9.17) is 4.74 Å². The number of hydrogen-bond acceptors (Lipinski definition) is 6. The summed E-state index contributed by atoms with van der Waals surface area (Å²) >= 11 is 0. The van der Waals surface area contributed by atoms with Crippen LogP contribution in [0.4, 0.5) is 16.3 Å². The van der Waals surface area contributed by atoms with Crippen molar-refractivity contribution in [3.05, 3.63) is 30.1 Å². The number of anilines is 2. The van der Waals surface area contributed by atoms with Crippen LogP contribution in [0.2, 0.25) is 0 Å². The first-order chi connectivity index (χ1) is 13.6. The van der Waals surface area contributed by atoms with Gasteiger partial charge in [0.2, 0.25) is 0 Å². The average Bonchev–Trinajstić information content (AvgIpc) is 2.66. The summed E-state index contributed by atoms with van der Waals surface area (Å²) in [7, 11) is 4.15. The van der Waals surface area contributed by atoms with Crippen LogP contribution in [0.5, 0.6) is 0 Å². The van der Waals surface area contributed by atoms with Crippen molar-refractivity contribution in [1.82, 2.24) is 14.8 Å². The molecule has 1 saturated heterocycles. The maximum Gasteiger partial charge on any atom is 0.410 e. The van der Waals surface area contributed by atoms with Gasteiger partial charge in [-0.2, -0.15) is 0 Å². The van der Waals surface area contributed by atoms with Crippen molar-refractivity contribution < 1.29 is 9.53 Å². The van der Waals surface area contributed by atoms with E-state index in [1.807, 2.05) is 33.0 Å². The van der Waals surface area contributed by atoms with Crippen LogP contribution in [0.25, 0.3) is 0 Å². The Morgan fingerprint density at radius 2 is 1.93 bits per heavy atom.